The molecule has 106 valence electrons. The zero-order valence-electron chi connectivity index (χ0n) is 11.6. The van der Waals surface area contributed by atoms with Crippen LogP contribution in [0.2, 0.25) is 5.02 Å². The molecule has 1 N–H and O–H groups in total. The van der Waals surface area contributed by atoms with Gasteiger partial charge in [-0.3, -0.25) is 4.98 Å². The van der Waals surface area contributed by atoms with Crippen molar-refractivity contribution in [1.29, 1.82) is 0 Å². The van der Waals surface area contributed by atoms with E-state index in [4.69, 9.17) is 11.6 Å². The monoisotopic (exact) mass is 353 g/mol. The third kappa shape index (κ3) is 2.30. The van der Waals surface area contributed by atoms with Crippen LogP contribution >= 0.6 is 27.5 Å². The van der Waals surface area contributed by atoms with Gasteiger partial charge < -0.3 is 10.2 Å². The molecule has 0 saturated carbocycles. The van der Waals surface area contributed by atoms with E-state index in [-0.39, 0.29) is 0 Å². The van der Waals surface area contributed by atoms with Crippen molar-refractivity contribution in [3.8, 4) is 0 Å². The van der Waals surface area contributed by atoms with Crippen molar-refractivity contribution < 1.29 is 0 Å². The number of anilines is 1. The fraction of sp³-hybridized carbons (Fsp3) is 0.400. The first-order valence-electron chi connectivity index (χ1n) is 6.80. The predicted octanol–water partition coefficient (Wildman–Crippen LogP) is 3.68. The molecule has 1 aromatic carbocycles. The Bertz CT molecular complexity index is 666. The van der Waals surface area contributed by atoms with E-state index < -0.39 is 0 Å². The summed E-state index contributed by atoms with van der Waals surface area (Å²) in [4.78, 5) is 7.05. The van der Waals surface area contributed by atoms with E-state index >= 15 is 0 Å². The fourth-order valence-corrected chi connectivity index (χ4v) is 3.30. The minimum atomic E-state index is 0.779. The molecule has 0 atom stereocenters. The second-order valence-corrected chi connectivity index (χ2v) is 6.40. The Balaban J connectivity index is 2.28. The van der Waals surface area contributed by atoms with Gasteiger partial charge in [-0.1, -0.05) is 27.5 Å². The van der Waals surface area contributed by atoms with Crippen LogP contribution in [0.4, 0.5) is 5.69 Å². The van der Waals surface area contributed by atoms with Crippen LogP contribution in [0.3, 0.4) is 0 Å². The highest BCUT2D eigenvalue weighted by molar-refractivity contribution is 9.10. The van der Waals surface area contributed by atoms with E-state index in [1.165, 1.54) is 5.56 Å². The Labute approximate surface area is 132 Å². The van der Waals surface area contributed by atoms with Crippen LogP contribution in [-0.2, 0) is 0 Å². The van der Waals surface area contributed by atoms with Gasteiger partial charge in [-0.15, -0.1) is 0 Å². The molecular formula is C15H17BrClN3. The second kappa shape index (κ2) is 5.51. The molecule has 0 spiro atoms. The van der Waals surface area contributed by atoms with Gasteiger partial charge in [-0.25, -0.2) is 0 Å². The summed E-state index contributed by atoms with van der Waals surface area (Å²) in [5.74, 6) is 0. The largest absolute Gasteiger partial charge is 0.367 e. The maximum absolute atomic E-state index is 6.56. The van der Waals surface area contributed by atoms with E-state index in [9.17, 15) is 0 Å². The van der Waals surface area contributed by atoms with Crippen molar-refractivity contribution in [3.63, 3.8) is 0 Å². The van der Waals surface area contributed by atoms with Crippen LogP contribution in [0.15, 0.2) is 16.6 Å². The van der Waals surface area contributed by atoms with Crippen molar-refractivity contribution in [2.75, 3.05) is 31.1 Å². The van der Waals surface area contributed by atoms with Crippen molar-refractivity contribution in [2.24, 2.45) is 0 Å². The first-order valence-corrected chi connectivity index (χ1v) is 7.97. The summed E-state index contributed by atoms with van der Waals surface area (Å²) in [5, 5.41) is 5.30. The van der Waals surface area contributed by atoms with E-state index in [0.717, 1.165) is 58.0 Å². The second-order valence-electron chi connectivity index (χ2n) is 5.17. The summed E-state index contributed by atoms with van der Waals surface area (Å²) in [7, 11) is 0. The number of nitrogens with zero attached hydrogens (tertiary/aromatic N) is 2. The summed E-state index contributed by atoms with van der Waals surface area (Å²) < 4.78 is 1.09. The smallest absolute Gasteiger partial charge is 0.0858 e. The van der Waals surface area contributed by atoms with Crippen LogP contribution in [0, 0.1) is 13.8 Å². The molecule has 1 aromatic heterocycles. The topological polar surface area (TPSA) is 28.2 Å². The molecule has 0 radical (unpaired) electrons. The third-order valence-corrected chi connectivity index (χ3v) is 5.17. The number of aryl methyl sites for hydroxylation is 2. The molecule has 20 heavy (non-hydrogen) atoms. The molecule has 5 heteroatoms. The molecule has 1 saturated heterocycles. The minimum Gasteiger partial charge on any atom is -0.367 e. The number of rotatable bonds is 1. The Hall–Kier alpha value is -0.840. The normalized spacial score (nSPS) is 15.9. The third-order valence-electron chi connectivity index (χ3n) is 3.86. The number of halogens is 2. The lowest BCUT2D eigenvalue weighted by Crippen LogP contribution is -2.43. The molecule has 3 rings (SSSR count). The molecule has 1 aliphatic heterocycles. The summed E-state index contributed by atoms with van der Waals surface area (Å²) in [6, 6.07) is 4.19. The average molecular weight is 355 g/mol. The van der Waals surface area contributed by atoms with Crippen molar-refractivity contribution in [1.82, 2.24) is 10.3 Å². The number of aromatic nitrogens is 1. The lowest BCUT2D eigenvalue weighted by atomic mass is 10.1. The van der Waals surface area contributed by atoms with Crippen LogP contribution in [0.1, 0.15) is 11.3 Å². The van der Waals surface area contributed by atoms with Crippen molar-refractivity contribution in [3.05, 3.63) is 32.9 Å². The molecule has 2 heterocycles. The zero-order chi connectivity index (χ0) is 14.3. The average Bonchev–Trinajstić information content (AvgIpc) is 2.46. The van der Waals surface area contributed by atoms with Gasteiger partial charge in [0.1, 0.15) is 0 Å². The molecular weight excluding hydrogens is 338 g/mol. The summed E-state index contributed by atoms with van der Waals surface area (Å²) in [6.07, 6.45) is 0. The van der Waals surface area contributed by atoms with E-state index in [2.05, 4.69) is 50.2 Å². The van der Waals surface area contributed by atoms with E-state index in [1.807, 2.05) is 6.92 Å². The number of benzene rings is 1. The number of pyridine rings is 1. The van der Waals surface area contributed by atoms with E-state index in [0.29, 0.717) is 0 Å². The van der Waals surface area contributed by atoms with Crippen LogP contribution < -0.4 is 10.2 Å². The lowest BCUT2D eigenvalue weighted by molar-refractivity contribution is 0.590. The first kappa shape index (κ1) is 14.1. The van der Waals surface area contributed by atoms with Gasteiger partial charge in [0.15, 0.2) is 0 Å². The van der Waals surface area contributed by atoms with Crippen LogP contribution in [0.5, 0.6) is 0 Å². The maximum Gasteiger partial charge on any atom is 0.0858 e. The molecule has 0 aliphatic carbocycles. The number of hydrogen-bond donors (Lipinski definition) is 1. The summed E-state index contributed by atoms with van der Waals surface area (Å²) in [5.41, 5.74) is 4.23. The number of nitrogens with one attached hydrogen (secondary N) is 1. The van der Waals surface area contributed by atoms with Crippen LogP contribution in [-0.4, -0.2) is 31.2 Å². The van der Waals surface area contributed by atoms with Gasteiger partial charge in [0.2, 0.25) is 0 Å². The van der Waals surface area contributed by atoms with Crippen molar-refractivity contribution in [2.45, 2.75) is 13.8 Å². The predicted molar refractivity (Wildman–Crippen MR) is 89.0 cm³/mol. The van der Waals surface area contributed by atoms with Gasteiger partial charge >= 0.3 is 0 Å². The standard InChI is InChI=1S/C15H17BrClN3/c1-9-12(16)4-3-11-14(9)19-10(2)13(17)15(11)20-7-5-18-6-8-20/h3-4,18H,5-8H2,1-2H3. The van der Waals surface area contributed by atoms with Gasteiger partial charge in [0.25, 0.3) is 0 Å². The number of piperazine rings is 1. The van der Waals surface area contributed by atoms with Crippen LogP contribution in [0.25, 0.3) is 10.9 Å². The Morgan fingerprint density at radius 2 is 1.95 bits per heavy atom. The highest BCUT2D eigenvalue weighted by atomic mass is 79.9. The van der Waals surface area contributed by atoms with Gasteiger partial charge in [0.05, 0.1) is 21.9 Å². The number of fused-ring (bicyclic) bond motifs is 1. The maximum atomic E-state index is 6.56. The molecule has 2 aromatic rings. The van der Waals surface area contributed by atoms with Crippen molar-refractivity contribution >= 4 is 44.1 Å². The molecule has 3 nitrogen and oxygen atoms in total. The zero-order valence-corrected chi connectivity index (χ0v) is 14.0. The first-order chi connectivity index (χ1) is 9.59. The SMILES string of the molecule is Cc1nc2c(C)c(Br)ccc2c(N2CCNCC2)c1Cl. The fourth-order valence-electron chi connectivity index (χ4n) is 2.71. The van der Waals surface area contributed by atoms with Gasteiger partial charge in [0, 0.05) is 36.0 Å². The highest BCUT2D eigenvalue weighted by Crippen LogP contribution is 2.38. The summed E-state index contributed by atoms with van der Waals surface area (Å²) >= 11 is 10.1. The molecule has 0 unspecified atom stereocenters. The Morgan fingerprint density at radius 3 is 2.65 bits per heavy atom. The molecule has 0 amide bonds. The minimum absolute atomic E-state index is 0.779. The Kier molecular flexibility index (Phi) is 3.89. The summed E-state index contributed by atoms with van der Waals surface area (Å²) in [6.45, 7) is 8.02. The lowest BCUT2D eigenvalue weighted by Gasteiger charge is -2.31. The Morgan fingerprint density at radius 1 is 1.25 bits per heavy atom. The molecule has 1 aliphatic rings. The quantitative estimate of drug-likeness (QED) is 0.847. The molecule has 0 bridgehead atoms. The molecule has 1 fully saturated rings. The number of hydrogen-bond acceptors (Lipinski definition) is 3. The van der Waals surface area contributed by atoms with E-state index in [1.54, 1.807) is 0 Å². The van der Waals surface area contributed by atoms with Gasteiger partial charge in [-0.2, -0.15) is 0 Å². The highest BCUT2D eigenvalue weighted by Gasteiger charge is 2.20. The van der Waals surface area contributed by atoms with Gasteiger partial charge in [-0.05, 0) is 31.5 Å².